The lowest BCUT2D eigenvalue weighted by molar-refractivity contribution is -0.138. The summed E-state index contributed by atoms with van der Waals surface area (Å²) >= 11 is 13.7. The molecule has 54 heavy (non-hydrogen) atoms. The molecule has 0 bridgehead atoms. The van der Waals surface area contributed by atoms with Crippen LogP contribution in [0.2, 0.25) is 10.0 Å². The molecule has 3 amide bonds. The molecular formula is C41H46Cl2N6O5. The molecule has 3 aliphatic rings. The summed E-state index contributed by atoms with van der Waals surface area (Å²) in [7, 11) is 5.36. The van der Waals surface area contributed by atoms with Gasteiger partial charge in [-0.2, -0.15) is 0 Å². The van der Waals surface area contributed by atoms with Crippen LogP contribution >= 0.6 is 23.2 Å². The Morgan fingerprint density at radius 2 is 1.65 bits per heavy atom. The average molecular weight is 774 g/mol. The van der Waals surface area contributed by atoms with Crippen LogP contribution < -0.4 is 25.8 Å². The number of nitrogens with zero attached hydrogens (tertiary/aromatic N) is 4. The van der Waals surface area contributed by atoms with Crippen molar-refractivity contribution in [2.75, 3.05) is 50.6 Å². The number of aryl methyl sites for hydroxylation is 1. The van der Waals surface area contributed by atoms with Crippen LogP contribution in [0.5, 0.6) is 5.75 Å². The van der Waals surface area contributed by atoms with Crippen LogP contribution in [0.25, 0.3) is 21.9 Å². The molecule has 0 saturated carbocycles. The molecule has 284 valence electrons. The number of pyridine rings is 1. The number of aromatic nitrogens is 1. The third-order valence-electron chi connectivity index (χ3n) is 11.3. The first-order valence-corrected chi connectivity index (χ1v) is 19.3. The standard InChI is InChI=1S/C41H46Cl2N6O5/c1-46-23-31(29-6-4-5-7-30(29)41(46)53)26-20-33(42)32(37(21-26)54-3)24-48-16-14-28(15-17-48)47(2)40(52)25-12-18-49(19-13-25)36-10-8-27(22-34(36)43)44-35-9-11-38(50)45-39(35)51/h4-8,10,20-23,25,28,35,44H,9,11-19,24H2,1-3H3,(H,45,50,51). The average Bonchev–Trinajstić information content (AvgIpc) is 3.18. The van der Waals surface area contributed by atoms with Crippen molar-refractivity contribution >= 4 is 63.1 Å². The zero-order valence-electron chi connectivity index (χ0n) is 30.9. The molecule has 3 aliphatic heterocycles. The summed E-state index contributed by atoms with van der Waals surface area (Å²) in [6, 6.07) is 16.9. The number of fused-ring (bicyclic) bond motifs is 1. The molecule has 1 atom stereocenters. The number of benzene rings is 3. The number of rotatable bonds is 9. The van der Waals surface area contributed by atoms with Crippen molar-refractivity contribution in [1.82, 2.24) is 19.7 Å². The van der Waals surface area contributed by atoms with E-state index in [1.54, 1.807) is 18.7 Å². The number of nitrogens with one attached hydrogen (secondary N) is 2. The minimum Gasteiger partial charge on any atom is -0.496 e. The minimum atomic E-state index is -0.475. The zero-order valence-corrected chi connectivity index (χ0v) is 32.4. The Bertz CT molecular complexity index is 2140. The number of methoxy groups -OCH3 is 1. The third kappa shape index (κ3) is 7.80. The van der Waals surface area contributed by atoms with Crippen LogP contribution in [-0.4, -0.2) is 84.5 Å². The van der Waals surface area contributed by atoms with E-state index in [2.05, 4.69) is 20.4 Å². The number of amides is 3. The molecule has 4 heterocycles. The van der Waals surface area contributed by atoms with Crippen LogP contribution in [0.4, 0.5) is 11.4 Å². The lowest BCUT2D eigenvalue weighted by Crippen LogP contribution is -2.48. The van der Waals surface area contributed by atoms with Gasteiger partial charge in [-0.1, -0.05) is 41.4 Å². The summed E-state index contributed by atoms with van der Waals surface area (Å²) in [5, 5.41) is 8.27. The number of carbonyl (C=O) groups excluding carboxylic acids is 3. The Hall–Kier alpha value is -4.58. The zero-order chi connectivity index (χ0) is 38.1. The summed E-state index contributed by atoms with van der Waals surface area (Å²) in [5.41, 5.74) is 4.31. The number of halogens is 2. The number of piperidine rings is 3. The molecule has 1 unspecified atom stereocenters. The van der Waals surface area contributed by atoms with Gasteiger partial charge in [0, 0.05) is 98.6 Å². The maximum Gasteiger partial charge on any atom is 0.258 e. The van der Waals surface area contributed by atoms with E-state index in [9.17, 15) is 19.2 Å². The fourth-order valence-electron chi connectivity index (χ4n) is 8.16. The quantitative estimate of drug-likeness (QED) is 0.197. The Labute approximate surface area is 325 Å². The fraction of sp³-hybridized carbons (Fsp3) is 0.415. The number of ether oxygens (including phenoxy) is 1. The SMILES string of the molecule is COc1cc(-c2cn(C)c(=O)c3ccccc23)cc(Cl)c1CN1CCC(N(C)C(=O)C2CCN(c3ccc(NC4CCC(=O)NC4=O)cc3Cl)CC2)CC1. The minimum absolute atomic E-state index is 0.0396. The Morgan fingerprint density at radius 3 is 2.33 bits per heavy atom. The van der Waals surface area contributed by atoms with Gasteiger partial charge in [-0.15, -0.1) is 0 Å². The number of anilines is 2. The second kappa shape index (κ2) is 16.0. The molecule has 13 heteroatoms. The molecule has 0 radical (unpaired) electrons. The molecule has 1 aromatic heterocycles. The highest BCUT2D eigenvalue weighted by Crippen LogP contribution is 2.38. The first-order valence-electron chi connectivity index (χ1n) is 18.6. The van der Waals surface area contributed by atoms with Gasteiger partial charge < -0.3 is 24.4 Å². The molecule has 3 fully saturated rings. The van der Waals surface area contributed by atoms with Crippen LogP contribution in [0.3, 0.4) is 0 Å². The monoisotopic (exact) mass is 772 g/mol. The van der Waals surface area contributed by atoms with Gasteiger partial charge in [0.05, 0.1) is 17.8 Å². The van der Waals surface area contributed by atoms with Crippen LogP contribution in [0, 0.1) is 5.92 Å². The van der Waals surface area contributed by atoms with Gasteiger partial charge in [-0.25, -0.2) is 0 Å². The first kappa shape index (κ1) is 37.7. The highest BCUT2D eigenvalue weighted by molar-refractivity contribution is 6.33. The second-order valence-electron chi connectivity index (χ2n) is 14.7. The molecule has 0 aliphatic carbocycles. The van der Waals surface area contributed by atoms with E-state index in [0.29, 0.717) is 40.6 Å². The van der Waals surface area contributed by atoms with Crippen molar-refractivity contribution in [3.63, 3.8) is 0 Å². The Balaban J connectivity index is 0.923. The van der Waals surface area contributed by atoms with Crippen molar-refractivity contribution in [3.8, 4) is 16.9 Å². The summed E-state index contributed by atoms with van der Waals surface area (Å²) in [5.74, 6) is 0.297. The lowest BCUT2D eigenvalue weighted by Gasteiger charge is -2.40. The smallest absolute Gasteiger partial charge is 0.258 e. The van der Waals surface area contributed by atoms with Crippen molar-refractivity contribution in [1.29, 1.82) is 0 Å². The van der Waals surface area contributed by atoms with Crippen molar-refractivity contribution < 1.29 is 19.1 Å². The molecule has 4 aromatic rings. The largest absolute Gasteiger partial charge is 0.496 e. The van der Waals surface area contributed by atoms with Crippen LogP contribution in [0.1, 0.15) is 44.1 Å². The lowest BCUT2D eigenvalue weighted by atomic mass is 9.93. The van der Waals surface area contributed by atoms with E-state index in [1.807, 2.05) is 72.7 Å². The molecular weight excluding hydrogens is 727 g/mol. The molecule has 3 aromatic carbocycles. The molecule has 3 saturated heterocycles. The van der Waals surface area contributed by atoms with Crippen LogP contribution in [-0.2, 0) is 28.0 Å². The van der Waals surface area contributed by atoms with Gasteiger partial charge >= 0.3 is 0 Å². The highest BCUT2D eigenvalue weighted by atomic mass is 35.5. The normalized spacial score (nSPS) is 18.8. The van der Waals surface area contributed by atoms with Gasteiger partial charge in [-0.3, -0.25) is 29.4 Å². The number of imide groups is 1. The predicted molar refractivity (Wildman–Crippen MR) is 213 cm³/mol. The van der Waals surface area contributed by atoms with Gasteiger partial charge in [-0.05, 0) is 79.5 Å². The summed E-state index contributed by atoms with van der Waals surface area (Å²) in [4.78, 5) is 56.7. The van der Waals surface area contributed by atoms with E-state index in [1.165, 1.54) is 0 Å². The number of hydrogen-bond acceptors (Lipinski definition) is 8. The van der Waals surface area contributed by atoms with E-state index in [-0.39, 0.29) is 35.2 Å². The summed E-state index contributed by atoms with van der Waals surface area (Å²) in [6.07, 6.45) is 5.84. The maximum absolute atomic E-state index is 13.7. The van der Waals surface area contributed by atoms with Crippen molar-refractivity contribution in [2.24, 2.45) is 13.0 Å². The molecule has 2 N–H and O–H groups in total. The van der Waals surface area contributed by atoms with Gasteiger partial charge in [0.15, 0.2) is 0 Å². The predicted octanol–water partition coefficient (Wildman–Crippen LogP) is 6.08. The van der Waals surface area contributed by atoms with Crippen molar-refractivity contribution in [2.45, 2.75) is 57.2 Å². The Kier molecular flexibility index (Phi) is 11.2. The number of carbonyl (C=O) groups is 3. The van der Waals surface area contributed by atoms with E-state index in [0.717, 1.165) is 85.3 Å². The summed E-state index contributed by atoms with van der Waals surface area (Å²) in [6.45, 7) is 3.75. The molecule has 11 nitrogen and oxygen atoms in total. The van der Waals surface area contributed by atoms with Crippen molar-refractivity contribution in [3.05, 3.63) is 86.8 Å². The molecule has 7 rings (SSSR count). The number of hydrogen-bond donors (Lipinski definition) is 2. The fourth-order valence-corrected chi connectivity index (χ4v) is 8.73. The van der Waals surface area contributed by atoms with Gasteiger partial charge in [0.2, 0.25) is 17.7 Å². The third-order valence-corrected chi connectivity index (χ3v) is 12.0. The topological polar surface area (TPSA) is 116 Å². The summed E-state index contributed by atoms with van der Waals surface area (Å²) < 4.78 is 7.47. The van der Waals surface area contributed by atoms with E-state index < -0.39 is 6.04 Å². The molecule has 0 spiro atoms. The maximum atomic E-state index is 13.7. The van der Waals surface area contributed by atoms with Gasteiger partial charge in [0.25, 0.3) is 5.56 Å². The second-order valence-corrected chi connectivity index (χ2v) is 15.5. The highest BCUT2D eigenvalue weighted by Gasteiger charge is 2.33. The first-order chi connectivity index (χ1) is 26.0. The number of likely N-dealkylation sites (tertiary alicyclic amines) is 1. The Morgan fingerprint density at radius 1 is 0.926 bits per heavy atom. The van der Waals surface area contributed by atoms with E-state index in [4.69, 9.17) is 27.9 Å². The van der Waals surface area contributed by atoms with Gasteiger partial charge in [0.1, 0.15) is 11.8 Å². The van der Waals surface area contributed by atoms with E-state index >= 15 is 0 Å². The van der Waals surface area contributed by atoms with Crippen LogP contribution in [0.15, 0.2) is 65.6 Å².